The minimum Gasteiger partial charge on any atom is -0.393 e. The summed E-state index contributed by atoms with van der Waals surface area (Å²) in [6.45, 7) is 7.16. The van der Waals surface area contributed by atoms with Crippen LogP contribution in [0.1, 0.15) is 71.6 Å². The smallest absolute Gasteiger partial charge is 0.242 e. The third kappa shape index (κ3) is 5.09. The number of aliphatic hydroxyl groups excluding tert-OH is 2. The average Bonchev–Trinajstić information content (AvgIpc) is 3.29. The SMILES string of the molecule is CC(CN1CC[C@@H](C(F)F)C1)[C@H]1CC[C@H]2/C(=C/C=C3C[C@@H](O)C[C@@H](O)C3)CCC[C@]12C. The van der Waals surface area contributed by atoms with E-state index in [1.165, 1.54) is 25.7 Å². The third-order valence-electron chi connectivity index (χ3n) is 9.01. The lowest BCUT2D eigenvalue weighted by molar-refractivity contribution is 0.0609. The lowest BCUT2D eigenvalue weighted by atomic mass is 9.61. The third-order valence-corrected chi connectivity index (χ3v) is 9.01. The van der Waals surface area contributed by atoms with Crippen LogP contribution >= 0.6 is 0 Å². The van der Waals surface area contributed by atoms with E-state index in [1.54, 1.807) is 5.57 Å². The second-order valence-corrected chi connectivity index (χ2v) is 11.2. The zero-order valence-electron chi connectivity index (χ0n) is 19.3. The number of alkyl halides is 2. The van der Waals surface area contributed by atoms with Crippen molar-refractivity contribution in [2.75, 3.05) is 19.6 Å². The standard InChI is InChI=1S/C26H41F2NO2/c1-17(15-29-11-9-20(16-29)25(27)28)23-7-8-24-19(4-3-10-26(23,24)2)6-5-18-12-21(30)14-22(31)13-18/h5-6,17,20-25,30-31H,3-4,7-16H2,1-2H3/b18-5?,19-6+/t17?,20-,21-,22+,23-,24+,26-/m1/s1. The van der Waals surface area contributed by atoms with E-state index in [2.05, 4.69) is 30.9 Å². The van der Waals surface area contributed by atoms with Gasteiger partial charge in [0.2, 0.25) is 6.43 Å². The van der Waals surface area contributed by atoms with Crippen LogP contribution < -0.4 is 0 Å². The predicted molar refractivity (Wildman–Crippen MR) is 120 cm³/mol. The highest BCUT2D eigenvalue weighted by atomic mass is 19.3. The van der Waals surface area contributed by atoms with Gasteiger partial charge in [-0.1, -0.05) is 37.1 Å². The topological polar surface area (TPSA) is 43.7 Å². The molecule has 0 radical (unpaired) electrons. The van der Waals surface area contributed by atoms with Gasteiger partial charge in [0, 0.05) is 19.0 Å². The van der Waals surface area contributed by atoms with Gasteiger partial charge in [-0.3, -0.25) is 0 Å². The highest BCUT2D eigenvalue weighted by Gasteiger charge is 2.51. The summed E-state index contributed by atoms with van der Waals surface area (Å²) in [6, 6.07) is 0. The molecule has 0 amide bonds. The molecule has 1 unspecified atom stereocenters. The first-order valence-electron chi connectivity index (χ1n) is 12.5. The van der Waals surface area contributed by atoms with Gasteiger partial charge < -0.3 is 15.1 Å². The van der Waals surface area contributed by atoms with Gasteiger partial charge in [-0.05, 0) is 87.5 Å². The Bertz CT molecular complexity index is 681. The molecule has 0 bridgehead atoms. The van der Waals surface area contributed by atoms with Gasteiger partial charge in [0.1, 0.15) is 0 Å². The molecule has 3 nitrogen and oxygen atoms in total. The number of halogens is 2. The zero-order valence-corrected chi connectivity index (χ0v) is 19.3. The molecule has 0 aromatic rings. The van der Waals surface area contributed by atoms with Gasteiger partial charge in [-0.25, -0.2) is 8.78 Å². The van der Waals surface area contributed by atoms with Crippen LogP contribution in [0, 0.1) is 29.1 Å². The van der Waals surface area contributed by atoms with Crippen molar-refractivity contribution in [3.8, 4) is 0 Å². The summed E-state index contributed by atoms with van der Waals surface area (Å²) >= 11 is 0. The van der Waals surface area contributed by atoms with Gasteiger partial charge in [-0.2, -0.15) is 0 Å². The summed E-state index contributed by atoms with van der Waals surface area (Å²) < 4.78 is 26.1. The maximum absolute atomic E-state index is 13.1. The molecular formula is C26H41F2NO2. The fourth-order valence-electron chi connectivity index (χ4n) is 7.51. The van der Waals surface area contributed by atoms with Gasteiger partial charge in [0.05, 0.1) is 12.2 Å². The van der Waals surface area contributed by atoms with Crippen molar-refractivity contribution < 1.29 is 19.0 Å². The Kier molecular flexibility index (Phi) is 7.24. The van der Waals surface area contributed by atoms with E-state index in [-0.39, 0.29) is 0 Å². The highest BCUT2D eigenvalue weighted by Crippen LogP contribution is 2.59. The molecule has 1 heterocycles. The average molecular weight is 438 g/mol. The van der Waals surface area contributed by atoms with E-state index in [0.29, 0.717) is 55.4 Å². The van der Waals surface area contributed by atoms with Crippen LogP contribution in [0.5, 0.6) is 0 Å². The quantitative estimate of drug-likeness (QED) is 0.623. The van der Waals surface area contributed by atoms with Crippen LogP contribution in [-0.4, -0.2) is 53.4 Å². The van der Waals surface area contributed by atoms with Gasteiger partial charge in [-0.15, -0.1) is 0 Å². The Morgan fingerprint density at radius 3 is 2.55 bits per heavy atom. The van der Waals surface area contributed by atoms with E-state index in [9.17, 15) is 19.0 Å². The molecule has 2 N–H and O–H groups in total. The molecule has 176 valence electrons. The van der Waals surface area contributed by atoms with Crippen LogP contribution in [0.15, 0.2) is 23.3 Å². The maximum Gasteiger partial charge on any atom is 0.242 e. The molecule has 4 fully saturated rings. The molecule has 1 aliphatic heterocycles. The van der Waals surface area contributed by atoms with Crippen molar-refractivity contribution in [2.24, 2.45) is 29.1 Å². The van der Waals surface area contributed by atoms with Crippen molar-refractivity contribution in [1.82, 2.24) is 4.90 Å². The number of rotatable bonds is 5. The Morgan fingerprint density at radius 2 is 1.87 bits per heavy atom. The largest absolute Gasteiger partial charge is 0.393 e. The fourth-order valence-corrected chi connectivity index (χ4v) is 7.51. The number of aliphatic hydroxyl groups is 2. The second kappa shape index (κ2) is 9.61. The van der Waals surface area contributed by atoms with Gasteiger partial charge in [0.25, 0.3) is 0 Å². The van der Waals surface area contributed by atoms with E-state index >= 15 is 0 Å². The molecule has 0 aromatic carbocycles. The first-order chi connectivity index (χ1) is 14.8. The molecule has 0 spiro atoms. The predicted octanol–water partition coefficient (Wildman–Crippen LogP) is 5.18. The van der Waals surface area contributed by atoms with Gasteiger partial charge >= 0.3 is 0 Å². The number of fused-ring (bicyclic) bond motifs is 1. The van der Waals surface area contributed by atoms with Crippen LogP contribution in [0.25, 0.3) is 0 Å². The lowest BCUT2D eigenvalue weighted by Gasteiger charge is -2.45. The highest BCUT2D eigenvalue weighted by molar-refractivity contribution is 5.26. The molecule has 3 saturated carbocycles. The first kappa shape index (κ1) is 23.4. The Morgan fingerprint density at radius 1 is 1.13 bits per heavy atom. The van der Waals surface area contributed by atoms with E-state index in [4.69, 9.17) is 0 Å². The normalized spacial score (nSPS) is 43.1. The summed E-state index contributed by atoms with van der Waals surface area (Å²) in [5, 5.41) is 19.9. The molecule has 5 heteroatoms. The van der Waals surface area contributed by atoms with E-state index < -0.39 is 24.6 Å². The first-order valence-corrected chi connectivity index (χ1v) is 12.5. The minimum absolute atomic E-state index is 0.301. The molecule has 4 rings (SSSR count). The molecular weight excluding hydrogens is 396 g/mol. The second-order valence-electron chi connectivity index (χ2n) is 11.2. The van der Waals surface area contributed by atoms with Crippen LogP contribution in [0.4, 0.5) is 8.78 Å². The van der Waals surface area contributed by atoms with Crippen molar-refractivity contribution in [2.45, 2.75) is 90.3 Å². The number of allylic oxidation sites excluding steroid dienone is 3. The molecule has 1 saturated heterocycles. The molecule has 7 atom stereocenters. The van der Waals surface area contributed by atoms with Crippen molar-refractivity contribution in [3.05, 3.63) is 23.3 Å². The molecule has 3 aliphatic carbocycles. The summed E-state index contributed by atoms with van der Waals surface area (Å²) in [6.07, 6.45) is 10.0. The summed E-state index contributed by atoms with van der Waals surface area (Å²) in [4.78, 5) is 2.28. The number of hydrogen-bond donors (Lipinski definition) is 2. The number of likely N-dealkylation sites (tertiary alicyclic amines) is 1. The Hall–Kier alpha value is -0.780. The Balaban J connectivity index is 1.41. The molecule has 4 aliphatic rings. The molecule has 0 aromatic heterocycles. The summed E-state index contributed by atoms with van der Waals surface area (Å²) in [7, 11) is 0. The summed E-state index contributed by atoms with van der Waals surface area (Å²) in [5.74, 6) is 1.36. The lowest BCUT2D eigenvalue weighted by Crippen LogP contribution is -2.39. The molecule has 31 heavy (non-hydrogen) atoms. The van der Waals surface area contributed by atoms with E-state index in [1.807, 2.05) is 0 Å². The van der Waals surface area contributed by atoms with Crippen molar-refractivity contribution in [1.29, 1.82) is 0 Å². The van der Waals surface area contributed by atoms with E-state index in [0.717, 1.165) is 25.1 Å². The van der Waals surface area contributed by atoms with Gasteiger partial charge in [0.15, 0.2) is 0 Å². The van der Waals surface area contributed by atoms with Crippen LogP contribution in [0.3, 0.4) is 0 Å². The number of hydrogen-bond acceptors (Lipinski definition) is 3. The van der Waals surface area contributed by atoms with Crippen molar-refractivity contribution >= 4 is 0 Å². The summed E-state index contributed by atoms with van der Waals surface area (Å²) in [5.41, 5.74) is 3.01. The van der Waals surface area contributed by atoms with Crippen molar-refractivity contribution in [3.63, 3.8) is 0 Å². The maximum atomic E-state index is 13.1. The zero-order chi connectivity index (χ0) is 22.2. The van der Waals surface area contributed by atoms with Crippen LogP contribution in [0.2, 0.25) is 0 Å². The number of nitrogens with zero attached hydrogens (tertiary/aromatic N) is 1. The monoisotopic (exact) mass is 437 g/mol. The Labute approximate surface area is 186 Å². The van der Waals surface area contributed by atoms with Crippen LogP contribution in [-0.2, 0) is 0 Å². The fraction of sp³-hybridized carbons (Fsp3) is 0.846. The minimum atomic E-state index is -2.18.